The number of halogens is 4. The third kappa shape index (κ3) is 5.63. The summed E-state index contributed by atoms with van der Waals surface area (Å²) < 4.78 is 36.9. The lowest BCUT2D eigenvalue weighted by Gasteiger charge is -2.18. The summed E-state index contributed by atoms with van der Waals surface area (Å²) in [6.45, 7) is -1.29. The van der Waals surface area contributed by atoms with Gasteiger partial charge in [-0.15, -0.1) is 12.4 Å². The highest BCUT2D eigenvalue weighted by molar-refractivity contribution is 5.89. The summed E-state index contributed by atoms with van der Waals surface area (Å²) in [5, 5.41) is 2.48. The van der Waals surface area contributed by atoms with E-state index in [0.29, 0.717) is 16.2 Å². The van der Waals surface area contributed by atoms with Crippen LogP contribution in [0.4, 0.5) is 18.9 Å². The number of amides is 2. The van der Waals surface area contributed by atoms with Gasteiger partial charge in [-0.05, 0) is 24.1 Å². The van der Waals surface area contributed by atoms with E-state index in [2.05, 4.69) is 5.32 Å². The van der Waals surface area contributed by atoms with Crippen LogP contribution in [0.2, 0.25) is 0 Å². The number of anilines is 1. The predicted molar refractivity (Wildman–Crippen MR) is 81.0 cm³/mol. The Bertz CT molecular complexity index is 563. The average molecular weight is 352 g/mol. The van der Waals surface area contributed by atoms with E-state index >= 15 is 0 Å². The molecule has 0 radical (unpaired) electrons. The van der Waals surface area contributed by atoms with Crippen LogP contribution in [0.15, 0.2) is 24.3 Å². The molecule has 0 saturated carbocycles. The number of alkyl halides is 3. The van der Waals surface area contributed by atoms with E-state index in [1.165, 1.54) is 0 Å². The minimum Gasteiger partial charge on any atom is -0.399 e. The van der Waals surface area contributed by atoms with Crippen molar-refractivity contribution in [1.82, 2.24) is 10.2 Å². The molecule has 1 saturated heterocycles. The SMILES string of the molecule is Cl.Nc1ccc(CC(=O)NC2CCN(CC(F)(F)F)C2=O)cc1. The monoisotopic (exact) mass is 351 g/mol. The first-order valence-corrected chi connectivity index (χ1v) is 6.74. The van der Waals surface area contributed by atoms with Crippen LogP contribution in [0.3, 0.4) is 0 Å². The lowest BCUT2D eigenvalue weighted by Crippen LogP contribution is -2.44. The van der Waals surface area contributed by atoms with Gasteiger partial charge >= 0.3 is 6.18 Å². The van der Waals surface area contributed by atoms with E-state index in [9.17, 15) is 22.8 Å². The van der Waals surface area contributed by atoms with Crippen molar-refractivity contribution in [2.24, 2.45) is 0 Å². The van der Waals surface area contributed by atoms with Gasteiger partial charge in [-0.25, -0.2) is 0 Å². The van der Waals surface area contributed by atoms with Crippen molar-refractivity contribution >= 4 is 29.9 Å². The molecule has 2 rings (SSSR count). The Labute approximate surface area is 137 Å². The van der Waals surface area contributed by atoms with Gasteiger partial charge in [-0.3, -0.25) is 9.59 Å². The lowest BCUT2D eigenvalue weighted by molar-refractivity contribution is -0.158. The van der Waals surface area contributed by atoms with Crippen LogP contribution >= 0.6 is 12.4 Å². The van der Waals surface area contributed by atoms with Gasteiger partial charge in [0.1, 0.15) is 12.6 Å². The van der Waals surface area contributed by atoms with Crippen LogP contribution in [0.5, 0.6) is 0 Å². The standard InChI is InChI=1S/C14H16F3N3O2.ClH/c15-14(16,17)8-20-6-5-11(13(20)22)19-12(21)7-9-1-3-10(18)4-2-9;/h1-4,11H,5-8,18H2,(H,19,21);1H. The van der Waals surface area contributed by atoms with E-state index in [4.69, 9.17) is 5.73 Å². The summed E-state index contributed by atoms with van der Waals surface area (Å²) in [5.74, 6) is -1.10. The molecule has 1 unspecified atom stereocenters. The second-order valence-electron chi connectivity index (χ2n) is 5.20. The summed E-state index contributed by atoms with van der Waals surface area (Å²) in [7, 11) is 0. The number of benzene rings is 1. The summed E-state index contributed by atoms with van der Waals surface area (Å²) in [6.07, 6.45) is -4.20. The maximum atomic E-state index is 12.3. The molecular formula is C14H17ClF3N3O2. The summed E-state index contributed by atoms with van der Waals surface area (Å²) in [5.41, 5.74) is 6.81. The molecule has 1 aliphatic heterocycles. The second-order valence-corrected chi connectivity index (χ2v) is 5.20. The van der Waals surface area contributed by atoms with Gasteiger partial charge in [0.05, 0.1) is 6.42 Å². The molecule has 2 amide bonds. The highest BCUT2D eigenvalue weighted by Gasteiger charge is 2.39. The molecule has 1 heterocycles. The van der Waals surface area contributed by atoms with Crippen molar-refractivity contribution in [1.29, 1.82) is 0 Å². The Balaban J connectivity index is 0.00000264. The van der Waals surface area contributed by atoms with Crippen LogP contribution < -0.4 is 11.1 Å². The van der Waals surface area contributed by atoms with Gasteiger partial charge in [0.15, 0.2) is 0 Å². The first-order chi connectivity index (χ1) is 10.2. The molecule has 1 fully saturated rings. The molecule has 1 aromatic rings. The van der Waals surface area contributed by atoms with E-state index < -0.39 is 30.6 Å². The molecule has 23 heavy (non-hydrogen) atoms. The van der Waals surface area contributed by atoms with Crippen molar-refractivity contribution in [2.45, 2.75) is 25.1 Å². The maximum Gasteiger partial charge on any atom is 0.406 e. The third-order valence-corrected chi connectivity index (χ3v) is 3.35. The van der Waals surface area contributed by atoms with Crippen LogP contribution in [0, 0.1) is 0 Å². The number of carbonyl (C=O) groups is 2. The normalized spacial score (nSPS) is 17.8. The molecule has 3 N–H and O–H groups in total. The van der Waals surface area contributed by atoms with Gasteiger partial charge in [0, 0.05) is 12.2 Å². The van der Waals surface area contributed by atoms with E-state index in [1.807, 2.05) is 0 Å². The molecule has 0 aliphatic carbocycles. The Hall–Kier alpha value is -1.96. The quantitative estimate of drug-likeness (QED) is 0.807. The maximum absolute atomic E-state index is 12.3. The smallest absolute Gasteiger partial charge is 0.399 e. The number of nitrogens with zero attached hydrogens (tertiary/aromatic N) is 1. The molecule has 9 heteroatoms. The van der Waals surface area contributed by atoms with Gasteiger partial charge in [0.2, 0.25) is 11.8 Å². The Morgan fingerprint density at radius 3 is 2.48 bits per heavy atom. The molecule has 0 spiro atoms. The Kier molecular flexibility index (Phi) is 6.26. The topological polar surface area (TPSA) is 75.4 Å². The fourth-order valence-corrected chi connectivity index (χ4v) is 2.31. The second kappa shape index (κ2) is 7.54. The largest absolute Gasteiger partial charge is 0.406 e. The summed E-state index contributed by atoms with van der Waals surface area (Å²) in [4.78, 5) is 24.4. The molecule has 1 atom stereocenters. The van der Waals surface area contributed by atoms with Crippen LogP contribution in [-0.2, 0) is 16.0 Å². The summed E-state index contributed by atoms with van der Waals surface area (Å²) >= 11 is 0. The zero-order valence-electron chi connectivity index (χ0n) is 12.1. The van der Waals surface area contributed by atoms with Crippen molar-refractivity contribution in [3.05, 3.63) is 29.8 Å². The Morgan fingerprint density at radius 1 is 1.30 bits per heavy atom. The average Bonchev–Trinajstić information content (AvgIpc) is 2.72. The molecular weight excluding hydrogens is 335 g/mol. The summed E-state index contributed by atoms with van der Waals surface area (Å²) in [6, 6.07) is 5.77. The molecule has 1 aliphatic rings. The number of nitrogens with one attached hydrogen (secondary N) is 1. The first-order valence-electron chi connectivity index (χ1n) is 6.74. The minimum atomic E-state index is -4.43. The van der Waals surface area contributed by atoms with Gasteiger partial charge < -0.3 is 16.0 Å². The number of nitrogens with two attached hydrogens (primary N) is 1. The minimum absolute atomic E-state index is 0. The van der Waals surface area contributed by atoms with Gasteiger partial charge in [0.25, 0.3) is 0 Å². The highest BCUT2D eigenvalue weighted by Crippen LogP contribution is 2.21. The zero-order valence-corrected chi connectivity index (χ0v) is 12.9. The first kappa shape index (κ1) is 19.1. The van der Waals surface area contributed by atoms with E-state index in [-0.39, 0.29) is 31.8 Å². The lowest BCUT2D eigenvalue weighted by atomic mass is 10.1. The molecule has 1 aromatic carbocycles. The molecule has 5 nitrogen and oxygen atoms in total. The van der Waals surface area contributed by atoms with Crippen molar-refractivity contribution in [3.63, 3.8) is 0 Å². The predicted octanol–water partition coefficient (Wildman–Crippen LogP) is 1.51. The van der Waals surface area contributed by atoms with Crippen molar-refractivity contribution < 1.29 is 22.8 Å². The number of hydrogen-bond acceptors (Lipinski definition) is 3. The van der Waals surface area contributed by atoms with Crippen LogP contribution in [0.1, 0.15) is 12.0 Å². The van der Waals surface area contributed by atoms with Crippen LogP contribution in [0.25, 0.3) is 0 Å². The number of carbonyl (C=O) groups excluding carboxylic acids is 2. The number of rotatable bonds is 4. The fourth-order valence-electron chi connectivity index (χ4n) is 2.31. The molecule has 0 bridgehead atoms. The molecule has 128 valence electrons. The fraction of sp³-hybridized carbons (Fsp3) is 0.429. The number of hydrogen-bond donors (Lipinski definition) is 2. The highest BCUT2D eigenvalue weighted by atomic mass is 35.5. The van der Waals surface area contributed by atoms with Crippen molar-refractivity contribution in [2.75, 3.05) is 18.8 Å². The molecule has 0 aromatic heterocycles. The number of nitrogen functional groups attached to an aromatic ring is 1. The number of likely N-dealkylation sites (tertiary alicyclic amines) is 1. The third-order valence-electron chi connectivity index (χ3n) is 3.35. The van der Waals surface area contributed by atoms with E-state index in [0.717, 1.165) is 0 Å². The van der Waals surface area contributed by atoms with Crippen molar-refractivity contribution in [3.8, 4) is 0 Å². The van der Waals surface area contributed by atoms with Crippen LogP contribution in [-0.4, -0.2) is 42.0 Å². The van der Waals surface area contributed by atoms with E-state index in [1.54, 1.807) is 24.3 Å². The Morgan fingerprint density at radius 2 is 1.91 bits per heavy atom. The van der Waals surface area contributed by atoms with Gasteiger partial charge in [-0.1, -0.05) is 12.1 Å². The van der Waals surface area contributed by atoms with Gasteiger partial charge in [-0.2, -0.15) is 13.2 Å². The zero-order chi connectivity index (χ0) is 16.3.